The van der Waals surface area contributed by atoms with E-state index in [1.807, 2.05) is 24.9 Å². The second-order valence-corrected chi connectivity index (χ2v) is 22.0. The van der Waals surface area contributed by atoms with Crippen molar-refractivity contribution in [3.8, 4) is 0 Å². The van der Waals surface area contributed by atoms with E-state index in [9.17, 15) is 0 Å². The van der Waals surface area contributed by atoms with Crippen LogP contribution in [0, 0.1) is 10.8 Å². The number of likely N-dealkylation sites (tertiary alicyclic amines) is 4. The first-order chi connectivity index (χ1) is 24.7. The topological polar surface area (TPSA) is 48.6 Å². The van der Waals surface area contributed by atoms with E-state index in [0.29, 0.717) is 44.8 Å². The standard InChI is InChI=1S/2C12H21N3.2C11H23N/c1-12(2,3)15-7-5-10(9-15)11-13-6-8-14(11)4;1-12(2,3)15-6-5-10(8-15)11-7-13-9-14(11)4;2*1-6-11(5)7-8-12(9-11)10(2,3)4/h6,8,10H,5,7,9H2,1-4H3;7,9-10H,5-6,8H2,1-4H3;2*6-9H2,1-5H3/t;;2*11-/m..10/s1. The van der Waals surface area contributed by atoms with Gasteiger partial charge in [-0.1, -0.05) is 27.7 Å². The minimum absolute atomic E-state index is 0.292. The van der Waals surface area contributed by atoms with Crippen LogP contribution in [0.2, 0.25) is 0 Å². The SMILES string of the molecule is CC[C@@]1(C)CCN(C(C)(C)C)C1.CC[C@]1(C)CCN(C(C)(C)C)C1.Cn1ccnc1C1CCN(C(C)(C)C)C1.Cn1cncc1C1CCN(C(C)(C)C)C1. The summed E-state index contributed by atoms with van der Waals surface area (Å²) in [6, 6.07) is 0. The molecule has 0 aromatic carbocycles. The van der Waals surface area contributed by atoms with E-state index in [1.54, 1.807) is 0 Å². The molecule has 0 bridgehead atoms. The van der Waals surface area contributed by atoms with E-state index < -0.39 is 0 Å². The lowest BCUT2D eigenvalue weighted by molar-refractivity contribution is 0.151. The van der Waals surface area contributed by atoms with Crippen molar-refractivity contribution in [1.82, 2.24) is 38.7 Å². The lowest BCUT2D eigenvalue weighted by atomic mass is 9.87. The fraction of sp³-hybridized carbons (Fsp3) is 0.870. The minimum Gasteiger partial charge on any atom is -0.338 e. The smallest absolute Gasteiger partial charge is 0.112 e. The average molecular weight is 753 g/mol. The van der Waals surface area contributed by atoms with Crippen LogP contribution in [-0.2, 0) is 14.1 Å². The van der Waals surface area contributed by atoms with Gasteiger partial charge < -0.3 is 9.13 Å². The molecule has 0 aliphatic carbocycles. The largest absolute Gasteiger partial charge is 0.338 e. The van der Waals surface area contributed by atoms with Gasteiger partial charge in [0.25, 0.3) is 0 Å². The van der Waals surface area contributed by atoms with Crippen LogP contribution in [0.5, 0.6) is 0 Å². The molecular weight excluding hydrogens is 665 g/mol. The molecule has 312 valence electrons. The molecule has 4 fully saturated rings. The Morgan fingerprint density at radius 3 is 1.33 bits per heavy atom. The number of imidazole rings is 2. The summed E-state index contributed by atoms with van der Waals surface area (Å²) in [4.78, 5) is 19.0. The second kappa shape index (κ2) is 18.2. The monoisotopic (exact) mass is 753 g/mol. The van der Waals surface area contributed by atoms with Gasteiger partial charge in [-0.15, -0.1) is 0 Å². The first-order valence-corrected chi connectivity index (χ1v) is 21.6. The van der Waals surface area contributed by atoms with Gasteiger partial charge in [-0.05, 0) is 159 Å². The van der Waals surface area contributed by atoms with E-state index in [0.717, 1.165) is 6.54 Å². The lowest BCUT2D eigenvalue weighted by Gasteiger charge is -2.33. The number of rotatable bonds is 4. The van der Waals surface area contributed by atoms with E-state index in [-0.39, 0.29) is 0 Å². The van der Waals surface area contributed by atoms with E-state index >= 15 is 0 Å². The van der Waals surface area contributed by atoms with Gasteiger partial charge in [-0.2, -0.15) is 0 Å². The predicted octanol–water partition coefficient (Wildman–Crippen LogP) is 9.83. The lowest BCUT2D eigenvalue weighted by Crippen LogP contribution is -2.40. The van der Waals surface area contributed by atoms with Gasteiger partial charge in [0.2, 0.25) is 0 Å². The van der Waals surface area contributed by atoms with E-state index in [1.165, 1.54) is 95.9 Å². The maximum Gasteiger partial charge on any atom is 0.112 e. The van der Waals surface area contributed by atoms with Crippen molar-refractivity contribution in [1.29, 1.82) is 0 Å². The normalized spacial score (nSPS) is 27.7. The summed E-state index contributed by atoms with van der Waals surface area (Å²) < 4.78 is 4.30. The second-order valence-electron chi connectivity index (χ2n) is 22.0. The zero-order chi connectivity index (χ0) is 40.9. The molecule has 0 N–H and O–H groups in total. The Morgan fingerprint density at radius 1 is 0.611 bits per heavy atom. The van der Waals surface area contributed by atoms with Crippen molar-refractivity contribution in [3.05, 3.63) is 36.4 Å². The Hall–Kier alpha value is -1.74. The molecule has 54 heavy (non-hydrogen) atoms. The molecule has 2 aromatic rings. The highest BCUT2D eigenvalue weighted by Crippen LogP contribution is 2.37. The van der Waals surface area contributed by atoms with Crippen LogP contribution in [0.3, 0.4) is 0 Å². The maximum absolute atomic E-state index is 4.45. The number of hydrogen-bond donors (Lipinski definition) is 0. The third kappa shape index (κ3) is 13.2. The molecule has 4 aliphatic rings. The summed E-state index contributed by atoms with van der Waals surface area (Å²) in [5, 5.41) is 0. The summed E-state index contributed by atoms with van der Waals surface area (Å²) in [5.41, 5.74) is 3.88. The molecule has 6 rings (SSSR count). The highest BCUT2D eigenvalue weighted by atomic mass is 15.2. The summed E-state index contributed by atoms with van der Waals surface area (Å²) in [6.07, 6.45) is 15.7. The van der Waals surface area contributed by atoms with Gasteiger partial charge in [0.05, 0.1) is 6.33 Å². The summed E-state index contributed by atoms with van der Waals surface area (Å²) in [7, 11) is 4.17. The van der Waals surface area contributed by atoms with Gasteiger partial charge in [0, 0.05) is 98.6 Å². The van der Waals surface area contributed by atoms with Crippen molar-refractivity contribution >= 4 is 0 Å². The maximum atomic E-state index is 4.45. The zero-order valence-electron chi connectivity index (χ0n) is 38.9. The van der Waals surface area contributed by atoms with Crippen LogP contribution in [0.1, 0.15) is 173 Å². The molecule has 2 aromatic heterocycles. The van der Waals surface area contributed by atoms with Gasteiger partial charge in [-0.3, -0.25) is 19.6 Å². The molecule has 8 heteroatoms. The van der Waals surface area contributed by atoms with Gasteiger partial charge in [0.1, 0.15) is 5.82 Å². The van der Waals surface area contributed by atoms with Crippen LogP contribution in [0.15, 0.2) is 24.9 Å². The first kappa shape index (κ1) is 46.6. The van der Waals surface area contributed by atoms with Gasteiger partial charge >= 0.3 is 0 Å². The molecule has 8 nitrogen and oxygen atoms in total. The van der Waals surface area contributed by atoms with Gasteiger partial charge in [0.15, 0.2) is 0 Å². The van der Waals surface area contributed by atoms with Crippen LogP contribution in [0.4, 0.5) is 0 Å². The molecule has 6 heterocycles. The number of aryl methyl sites for hydroxylation is 2. The molecule has 0 radical (unpaired) electrons. The molecule has 4 atom stereocenters. The van der Waals surface area contributed by atoms with Crippen LogP contribution < -0.4 is 0 Å². The molecule has 4 aliphatic heterocycles. The van der Waals surface area contributed by atoms with Crippen molar-refractivity contribution in [2.75, 3.05) is 52.4 Å². The Labute approximate surface area is 334 Å². The van der Waals surface area contributed by atoms with Crippen molar-refractivity contribution in [2.45, 2.75) is 183 Å². The Morgan fingerprint density at radius 2 is 1.04 bits per heavy atom. The summed E-state index contributed by atoms with van der Waals surface area (Å²) in [6.45, 7) is 46.9. The molecule has 4 saturated heterocycles. The van der Waals surface area contributed by atoms with Crippen molar-refractivity contribution in [3.63, 3.8) is 0 Å². The molecule has 2 unspecified atom stereocenters. The summed E-state index contributed by atoms with van der Waals surface area (Å²) >= 11 is 0. The minimum atomic E-state index is 0.292. The summed E-state index contributed by atoms with van der Waals surface area (Å²) in [5.74, 6) is 2.52. The predicted molar refractivity (Wildman–Crippen MR) is 232 cm³/mol. The molecule has 0 spiro atoms. The Kier molecular flexibility index (Phi) is 15.8. The molecule has 0 saturated carbocycles. The van der Waals surface area contributed by atoms with Crippen molar-refractivity contribution in [2.24, 2.45) is 24.9 Å². The first-order valence-electron chi connectivity index (χ1n) is 21.6. The number of aromatic nitrogens is 4. The molecule has 0 amide bonds. The third-order valence-electron chi connectivity index (χ3n) is 13.5. The average Bonchev–Trinajstić information content (AvgIpc) is 3.89. The third-order valence-corrected chi connectivity index (χ3v) is 13.5. The number of hydrogen-bond acceptors (Lipinski definition) is 6. The quantitative estimate of drug-likeness (QED) is 0.310. The highest BCUT2D eigenvalue weighted by Gasteiger charge is 2.38. The van der Waals surface area contributed by atoms with Gasteiger partial charge in [-0.25, -0.2) is 9.97 Å². The van der Waals surface area contributed by atoms with Crippen LogP contribution in [-0.4, -0.2) is 113 Å². The van der Waals surface area contributed by atoms with Crippen LogP contribution in [0.25, 0.3) is 0 Å². The van der Waals surface area contributed by atoms with Crippen molar-refractivity contribution < 1.29 is 0 Å². The fourth-order valence-corrected chi connectivity index (χ4v) is 8.49. The van der Waals surface area contributed by atoms with E-state index in [4.69, 9.17) is 0 Å². The zero-order valence-corrected chi connectivity index (χ0v) is 38.9. The Bertz CT molecular complexity index is 1290. The molecular formula is C46H88N8. The Balaban J connectivity index is 0.000000195. The number of nitrogens with zero attached hydrogens (tertiary/aromatic N) is 8. The van der Waals surface area contributed by atoms with Crippen LogP contribution >= 0.6 is 0 Å². The highest BCUT2D eigenvalue weighted by molar-refractivity contribution is 5.10. The van der Waals surface area contributed by atoms with E-state index in [2.05, 4.69) is 164 Å². The fourth-order valence-electron chi connectivity index (χ4n) is 8.49.